The largest absolute Gasteiger partial charge is 0.444 e. The Bertz CT molecular complexity index is 513. The highest BCUT2D eigenvalue weighted by Gasteiger charge is 2.14. The van der Waals surface area contributed by atoms with Gasteiger partial charge in [0.05, 0.1) is 0 Å². The number of rotatable bonds is 4. The summed E-state index contributed by atoms with van der Waals surface area (Å²) in [4.78, 5) is 22.1. The summed E-state index contributed by atoms with van der Waals surface area (Å²) in [5, 5.41) is 2.64. The van der Waals surface area contributed by atoms with Crippen molar-refractivity contribution in [1.29, 1.82) is 0 Å². The highest BCUT2D eigenvalue weighted by Crippen LogP contribution is 2.10. The molecule has 1 aromatic rings. The van der Waals surface area contributed by atoms with E-state index >= 15 is 0 Å². The van der Waals surface area contributed by atoms with Crippen molar-refractivity contribution in [3.63, 3.8) is 0 Å². The molecule has 4 heteroatoms. The van der Waals surface area contributed by atoms with E-state index in [1.54, 1.807) is 6.07 Å². The zero-order valence-corrected chi connectivity index (χ0v) is 12.4. The first-order valence-electron chi connectivity index (χ1n) is 6.51. The third kappa shape index (κ3) is 5.69. The van der Waals surface area contributed by atoms with Crippen LogP contribution in [-0.2, 0) is 4.74 Å². The van der Waals surface area contributed by atoms with Crippen LogP contribution in [0.1, 0.15) is 42.3 Å². The summed E-state index contributed by atoms with van der Waals surface area (Å²) in [7, 11) is 0. The van der Waals surface area contributed by atoms with E-state index in [-0.39, 0.29) is 0 Å². The van der Waals surface area contributed by atoms with Gasteiger partial charge in [-0.05, 0) is 38.8 Å². The number of carbonyl (C=O) groups excluding carboxylic acids is 2. The molecule has 0 radical (unpaired) electrons. The molecule has 0 aromatic heterocycles. The Balaban J connectivity index is 2.47. The number of hydrogen-bond donors (Lipinski definition) is 1. The van der Waals surface area contributed by atoms with Crippen LogP contribution < -0.4 is 5.32 Å². The zero-order valence-electron chi connectivity index (χ0n) is 12.4. The van der Waals surface area contributed by atoms with E-state index in [1.807, 2.05) is 52.0 Å². The molecule has 0 heterocycles. The van der Waals surface area contributed by atoms with E-state index in [0.29, 0.717) is 12.1 Å². The van der Waals surface area contributed by atoms with Crippen molar-refractivity contribution < 1.29 is 14.3 Å². The minimum Gasteiger partial charge on any atom is -0.444 e. The molecule has 0 bridgehead atoms. The first kappa shape index (κ1) is 16.0. The highest BCUT2D eigenvalue weighted by atomic mass is 16.6. The highest BCUT2D eigenvalue weighted by molar-refractivity contribution is 5.78. The Morgan fingerprint density at radius 1 is 1.35 bits per heavy atom. The molecule has 0 aliphatic carbocycles. The van der Waals surface area contributed by atoms with E-state index in [9.17, 15) is 9.59 Å². The number of nitrogens with one attached hydrogen (secondary N) is 1. The molecular formula is C16H21NO3. The second kappa shape index (κ2) is 6.89. The number of aryl methyl sites for hydroxylation is 1. The van der Waals surface area contributed by atoms with Crippen LogP contribution in [0.3, 0.4) is 0 Å². The lowest BCUT2D eigenvalue weighted by Gasteiger charge is -2.19. The molecule has 0 fully saturated rings. The van der Waals surface area contributed by atoms with Gasteiger partial charge in [-0.25, -0.2) is 4.79 Å². The molecule has 1 aromatic carbocycles. The van der Waals surface area contributed by atoms with Gasteiger partial charge < -0.3 is 10.1 Å². The van der Waals surface area contributed by atoms with Crippen LogP contribution in [0.15, 0.2) is 24.3 Å². The first-order chi connectivity index (χ1) is 9.31. The minimum absolute atomic E-state index is 0.392. The summed E-state index contributed by atoms with van der Waals surface area (Å²) >= 11 is 0. The van der Waals surface area contributed by atoms with E-state index in [4.69, 9.17) is 4.74 Å². The summed E-state index contributed by atoms with van der Waals surface area (Å²) in [6.45, 7) is 7.74. The molecule has 0 spiro atoms. The van der Waals surface area contributed by atoms with Crippen molar-refractivity contribution in [3.8, 4) is 0 Å². The van der Waals surface area contributed by atoms with Crippen LogP contribution in [0.2, 0.25) is 0 Å². The SMILES string of the molecule is Cc1cc(C=CCNC(=O)OC(C)(C)C)ccc1C=O. The average molecular weight is 275 g/mol. The second-order valence-electron chi connectivity index (χ2n) is 5.52. The van der Waals surface area contributed by atoms with Gasteiger partial charge in [-0.15, -0.1) is 0 Å². The van der Waals surface area contributed by atoms with Gasteiger partial charge in [-0.3, -0.25) is 4.79 Å². The quantitative estimate of drug-likeness (QED) is 0.857. The van der Waals surface area contributed by atoms with Gasteiger partial charge in [0, 0.05) is 12.1 Å². The number of ether oxygens (including phenoxy) is 1. The zero-order chi connectivity index (χ0) is 15.2. The van der Waals surface area contributed by atoms with Crippen LogP contribution in [0.5, 0.6) is 0 Å². The molecule has 0 aliphatic rings. The summed E-state index contributed by atoms with van der Waals surface area (Å²) in [5.41, 5.74) is 2.12. The fraction of sp³-hybridized carbons (Fsp3) is 0.375. The van der Waals surface area contributed by atoms with Gasteiger partial charge in [0.15, 0.2) is 0 Å². The molecule has 0 saturated carbocycles. The van der Waals surface area contributed by atoms with E-state index in [0.717, 1.165) is 17.4 Å². The average Bonchev–Trinajstić information content (AvgIpc) is 2.33. The van der Waals surface area contributed by atoms with Crippen molar-refractivity contribution in [2.45, 2.75) is 33.3 Å². The van der Waals surface area contributed by atoms with Crippen molar-refractivity contribution in [3.05, 3.63) is 41.0 Å². The maximum absolute atomic E-state index is 11.4. The molecular weight excluding hydrogens is 254 g/mol. The number of aldehydes is 1. The van der Waals surface area contributed by atoms with Gasteiger partial charge in [-0.2, -0.15) is 0 Å². The van der Waals surface area contributed by atoms with Crippen LogP contribution in [0, 0.1) is 6.92 Å². The van der Waals surface area contributed by atoms with E-state index in [1.165, 1.54) is 0 Å². The molecule has 0 atom stereocenters. The number of benzene rings is 1. The standard InChI is InChI=1S/C16H21NO3/c1-12-10-13(7-8-14(12)11-18)6-5-9-17-15(19)20-16(2,3)4/h5-8,10-11H,9H2,1-4H3,(H,17,19). The first-order valence-corrected chi connectivity index (χ1v) is 6.51. The Kier molecular flexibility index (Phi) is 5.50. The predicted molar refractivity (Wildman–Crippen MR) is 79.8 cm³/mol. The molecule has 1 N–H and O–H groups in total. The molecule has 0 unspecified atom stereocenters. The Hall–Kier alpha value is -2.10. The smallest absolute Gasteiger partial charge is 0.407 e. The summed E-state index contributed by atoms with van der Waals surface area (Å²) in [6.07, 6.45) is 4.13. The van der Waals surface area contributed by atoms with E-state index in [2.05, 4.69) is 5.32 Å². The Morgan fingerprint density at radius 2 is 2.05 bits per heavy atom. The van der Waals surface area contributed by atoms with Gasteiger partial charge in [0.2, 0.25) is 0 Å². The molecule has 1 amide bonds. The lowest BCUT2D eigenvalue weighted by molar-refractivity contribution is 0.0534. The fourth-order valence-corrected chi connectivity index (χ4v) is 1.59. The topological polar surface area (TPSA) is 55.4 Å². The Labute approximate surface area is 119 Å². The number of alkyl carbamates (subject to hydrolysis) is 1. The van der Waals surface area contributed by atoms with Crippen LogP contribution >= 0.6 is 0 Å². The number of carbonyl (C=O) groups is 2. The Morgan fingerprint density at radius 3 is 2.60 bits per heavy atom. The van der Waals surface area contributed by atoms with Crippen molar-refractivity contribution in [1.82, 2.24) is 5.32 Å². The molecule has 0 saturated heterocycles. The maximum Gasteiger partial charge on any atom is 0.407 e. The lowest BCUT2D eigenvalue weighted by Crippen LogP contribution is -2.32. The number of amides is 1. The molecule has 1 rings (SSSR count). The van der Waals surface area contributed by atoms with Crippen LogP contribution in [0.4, 0.5) is 4.79 Å². The van der Waals surface area contributed by atoms with Crippen molar-refractivity contribution in [2.75, 3.05) is 6.54 Å². The molecule has 20 heavy (non-hydrogen) atoms. The maximum atomic E-state index is 11.4. The van der Waals surface area contributed by atoms with E-state index < -0.39 is 11.7 Å². The van der Waals surface area contributed by atoms with Crippen molar-refractivity contribution in [2.24, 2.45) is 0 Å². The summed E-state index contributed by atoms with van der Waals surface area (Å²) in [5.74, 6) is 0. The van der Waals surface area contributed by atoms with Gasteiger partial charge >= 0.3 is 6.09 Å². The summed E-state index contributed by atoms with van der Waals surface area (Å²) < 4.78 is 5.12. The normalized spacial score (nSPS) is 11.4. The monoisotopic (exact) mass is 275 g/mol. The minimum atomic E-state index is -0.491. The third-order valence-corrected chi connectivity index (χ3v) is 2.49. The predicted octanol–water partition coefficient (Wildman–Crippen LogP) is 3.35. The summed E-state index contributed by atoms with van der Waals surface area (Å²) in [6, 6.07) is 5.57. The fourth-order valence-electron chi connectivity index (χ4n) is 1.59. The van der Waals surface area contributed by atoms with Crippen LogP contribution in [0.25, 0.3) is 6.08 Å². The molecule has 4 nitrogen and oxygen atoms in total. The van der Waals surface area contributed by atoms with Gasteiger partial charge in [-0.1, -0.05) is 30.4 Å². The third-order valence-electron chi connectivity index (χ3n) is 2.49. The molecule has 0 aliphatic heterocycles. The second-order valence-corrected chi connectivity index (χ2v) is 5.52. The van der Waals surface area contributed by atoms with Gasteiger partial charge in [0.1, 0.15) is 11.9 Å². The molecule has 108 valence electrons. The van der Waals surface area contributed by atoms with Crippen molar-refractivity contribution >= 4 is 18.5 Å². The number of hydrogen-bond acceptors (Lipinski definition) is 3. The van der Waals surface area contributed by atoms with Gasteiger partial charge in [0.25, 0.3) is 0 Å². The van der Waals surface area contributed by atoms with Crippen LogP contribution in [-0.4, -0.2) is 24.5 Å². The lowest BCUT2D eigenvalue weighted by atomic mass is 10.1.